The summed E-state index contributed by atoms with van der Waals surface area (Å²) in [6, 6.07) is 17.1. The topological polar surface area (TPSA) is 79.0 Å². The van der Waals surface area contributed by atoms with Gasteiger partial charge in [-0.1, -0.05) is 42.5 Å². The summed E-state index contributed by atoms with van der Waals surface area (Å²) in [5.74, 6) is 0.0428. The molecule has 0 spiro atoms. The number of carbonyl (C=O) groups excluding carboxylic acids is 1. The highest BCUT2D eigenvalue weighted by Gasteiger charge is 2.27. The van der Waals surface area contributed by atoms with Crippen molar-refractivity contribution in [3.8, 4) is 0 Å². The van der Waals surface area contributed by atoms with E-state index >= 15 is 0 Å². The molecule has 7 nitrogen and oxygen atoms in total. The van der Waals surface area contributed by atoms with Gasteiger partial charge in [-0.2, -0.15) is 4.31 Å². The van der Waals surface area contributed by atoms with Crippen molar-refractivity contribution in [2.45, 2.75) is 30.8 Å². The molecule has 2 heterocycles. The number of carbonyl (C=O) groups is 1. The monoisotopic (exact) mass is 457 g/mol. The molecule has 2 fully saturated rings. The van der Waals surface area contributed by atoms with Crippen LogP contribution in [0.15, 0.2) is 59.5 Å². The lowest BCUT2D eigenvalue weighted by atomic mass is 9.96. The molecule has 2 aromatic carbocycles. The highest BCUT2D eigenvalue weighted by Crippen LogP contribution is 2.20. The number of piperidine rings is 1. The minimum Gasteiger partial charge on any atom is -0.379 e. The van der Waals surface area contributed by atoms with Crippen LogP contribution in [0.3, 0.4) is 0 Å². The van der Waals surface area contributed by atoms with Crippen LogP contribution in [-0.4, -0.2) is 62.9 Å². The predicted octanol–water partition coefficient (Wildman–Crippen LogP) is 2.24. The summed E-state index contributed by atoms with van der Waals surface area (Å²) in [5.41, 5.74) is 2.15. The molecule has 0 bridgehead atoms. The van der Waals surface area contributed by atoms with E-state index in [4.69, 9.17) is 4.74 Å². The van der Waals surface area contributed by atoms with E-state index in [-0.39, 0.29) is 16.7 Å². The summed E-state index contributed by atoms with van der Waals surface area (Å²) in [4.78, 5) is 15.4. The van der Waals surface area contributed by atoms with E-state index < -0.39 is 10.0 Å². The van der Waals surface area contributed by atoms with Crippen molar-refractivity contribution in [2.75, 3.05) is 39.4 Å². The molecule has 2 aliphatic rings. The van der Waals surface area contributed by atoms with Crippen LogP contribution < -0.4 is 5.32 Å². The van der Waals surface area contributed by atoms with Gasteiger partial charge in [-0.15, -0.1) is 0 Å². The molecule has 1 amide bonds. The third kappa shape index (κ3) is 5.75. The third-order valence-corrected chi connectivity index (χ3v) is 8.04. The van der Waals surface area contributed by atoms with Crippen molar-refractivity contribution in [3.05, 3.63) is 65.7 Å². The highest BCUT2D eigenvalue weighted by molar-refractivity contribution is 7.89. The zero-order chi connectivity index (χ0) is 22.4. The molecule has 0 aromatic heterocycles. The molecule has 1 atom stereocenters. The molecule has 2 aromatic rings. The van der Waals surface area contributed by atoms with Crippen molar-refractivity contribution in [1.29, 1.82) is 0 Å². The Morgan fingerprint density at radius 3 is 2.41 bits per heavy atom. The van der Waals surface area contributed by atoms with Gasteiger partial charge in [0.15, 0.2) is 0 Å². The molecule has 8 heteroatoms. The first-order chi connectivity index (χ1) is 15.5. The molecular weight excluding hydrogens is 426 g/mol. The first-order valence-electron chi connectivity index (χ1n) is 11.2. The van der Waals surface area contributed by atoms with Crippen LogP contribution in [0.4, 0.5) is 0 Å². The smallest absolute Gasteiger partial charge is 0.243 e. The summed E-state index contributed by atoms with van der Waals surface area (Å²) in [6.07, 6.45) is 1.91. The molecule has 2 aliphatic heterocycles. The van der Waals surface area contributed by atoms with E-state index in [9.17, 15) is 13.2 Å². The van der Waals surface area contributed by atoms with Crippen LogP contribution in [0, 0.1) is 5.92 Å². The molecular formula is C24H31N3O4S. The molecule has 2 saturated heterocycles. The number of morpholine rings is 1. The van der Waals surface area contributed by atoms with Gasteiger partial charge in [0.2, 0.25) is 15.9 Å². The Labute approximate surface area is 190 Å². The van der Waals surface area contributed by atoms with E-state index in [1.807, 2.05) is 18.2 Å². The summed E-state index contributed by atoms with van der Waals surface area (Å²) in [7, 11) is -3.50. The predicted molar refractivity (Wildman–Crippen MR) is 122 cm³/mol. The van der Waals surface area contributed by atoms with Crippen LogP contribution in [0.2, 0.25) is 0 Å². The Kier molecular flexibility index (Phi) is 7.57. The second-order valence-electron chi connectivity index (χ2n) is 8.44. The van der Waals surface area contributed by atoms with Gasteiger partial charge in [0.1, 0.15) is 0 Å². The first-order valence-corrected chi connectivity index (χ1v) is 12.7. The van der Waals surface area contributed by atoms with Crippen LogP contribution in [0.5, 0.6) is 0 Å². The highest BCUT2D eigenvalue weighted by atomic mass is 32.2. The fraction of sp³-hybridized carbons (Fsp3) is 0.458. The van der Waals surface area contributed by atoms with Crippen molar-refractivity contribution >= 4 is 15.9 Å². The molecule has 0 radical (unpaired) electrons. The SMILES string of the molecule is O=C(NCc1ccc(S(=O)(=O)N2CCOCC2)cc1)C1CCCN(Cc2ccccc2)C1. The van der Waals surface area contributed by atoms with E-state index in [0.29, 0.717) is 32.8 Å². The quantitative estimate of drug-likeness (QED) is 0.690. The minimum absolute atomic E-state index is 0.0200. The Bertz CT molecular complexity index is 990. The molecule has 4 rings (SSSR count). The Morgan fingerprint density at radius 2 is 1.69 bits per heavy atom. The van der Waals surface area contributed by atoms with Gasteiger partial charge in [0.25, 0.3) is 0 Å². The fourth-order valence-corrected chi connectivity index (χ4v) is 5.71. The maximum Gasteiger partial charge on any atom is 0.243 e. The van der Waals surface area contributed by atoms with Gasteiger partial charge < -0.3 is 10.1 Å². The minimum atomic E-state index is -3.50. The zero-order valence-corrected chi connectivity index (χ0v) is 19.1. The zero-order valence-electron chi connectivity index (χ0n) is 18.3. The molecule has 172 valence electrons. The number of benzene rings is 2. The fourth-order valence-electron chi connectivity index (χ4n) is 4.30. The molecule has 0 saturated carbocycles. The number of amides is 1. The van der Waals surface area contributed by atoms with Gasteiger partial charge in [-0.3, -0.25) is 9.69 Å². The van der Waals surface area contributed by atoms with Gasteiger partial charge in [0.05, 0.1) is 24.0 Å². The van der Waals surface area contributed by atoms with E-state index in [2.05, 4.69) is 22.3 Å². The summed E-state index contributed by atoms with van der Waals surface area (Å²) in [5, 5.41) is 3.03. The normalized spacial score (nSPS) is 20.7. The van der Waals surface area contributed by atoms with Gasteiger partial charge >= 0.3 is 0 Å². The van der Waals surface area contributed by atoms with Crippen molar-refractivity contribution in [1.82, 2.24) is 14.5 Å². The van der Waals surface area contributed by atoms with E-state index in [1.54, 1.807) is 24.3 Å². The van der Waals surface area contributed by atoms with Gasteiger partial charge in [-0.25, -0.2) is 8.42 Å². The number of nitrogens with one attached hydrogen (secondary N) is 1. The lowest BCUT2D eigenvalue weighted by Gasteiger charge is -2.32. The molecule has 1 N–H and O–H groups in total. The number of rotatable bonds is 7. The summed E-state index contributed by atoms with van der Waals surface area (Å²) < 4.78 is 32.2. The maximum absolute atomic E-state index is 12.7. The molecule has 0 aliphatic carbocycles. The number of nitrogens with zero attached hydrogens (tertiary/aromatic N) is 2. The second-order valence-corrected chi connectivity index (χ2v) is 10.4. The maximum atomic E-state index is 12.7. The Hall–Kier alpha value is -2.26. The van der Waals surface area contributed by atoms with Crippen LogP contribution in [0.1, 0.15) is 24.0 Å². The van der Waals surface area contributed by atoms with Crippen LogP contribution >= 0.6 is 0 Å². The lowest BCUT2D eigenvalue weighted by Crippen LogP contribution is -2.42. The number of sulfonamides is 1. The largest absolute Gasteiger partial charge is 0.379 e. The van der Waals surface area contributed by atoms with E-state index in [1.165, 1.54) is 9.87 Å². The van der Waals surface area contributed by atoms with Crippen molar-refractivity contribution in [3.63, 3.8) is 0 Å². The van der Waals surface area contributed by atoms with Gasteiger partial charge in [0, 0.05) is 32.7 Å². The van der Waals surface area contributed by atoms with Crippen LogP contribution in [-0.2, 0) is 32.6 Å². The lowest BCUT2D eigenvalue weighted by molar-refractivity contribution is -0.126. The standard InChI is InChI=1S/C24H31N3O4S/c28-24(22-7-4-12-26(19-22)18-21-5-2-1-3-6-21)25-17-20-8-10-23(11-9-20)32(29,30)27-13-15-31-16-14-27/h1-3,5-6,8-11,22H,4,7,12-19H2,(H,25,28). The Morgan fingerprint density at radius 1 is 0.969 bits per heavy atom. The second kappa shape index (κ2) is 10.6. The van der Waals surface area contributed by atoms with E-state index in [0.717, 1.165) is 38.0 Å². The van der Waals surface area contributed by atoms with Crippen molar-refractivity contribution in [2.24, 2.45) is 5.92 Å². The average Bonchev–Trinajstić information content (AvgIpc) is 2.84. The molecule has 1 unspecified atom stereocenters. The number of ether oxygens (including phenoxy) is 1. The first kappa shape index (κ1) is 22.9. The molecule has 32 heavy (non-hydrogen) atoms. The van der Waals surface area contributed by atoms with Crippen molar-refractivity contribution < 1.29 is 17.9 Å². The number of likely N-dealkylation sites (tertiary alicyclic amines) is 1. The summed E-state index contributed by atoms with van der Waals surface area (Å²) >= 11 is 0. The average molecular weight is 458 g/mol. The number of hydrogen-bond acceptors (Lipinski definition) is 5. The number of hydrogen-bond donors (Lipinski definition) is 1. The van der Waals surface area contributed by atoms with Crippen LogP contribution in [0.25, 0.3) is 0 Å². The third-order valence-electron chi connectivity index (χ3n) is 6.12. The van der Waals surface area contributed by atoms with Gasteiger partial charge in [-0.05, 0) is 42.6 Å². The summed E-state index contributed by atoms with van der Waals surface area (Å²) in [6.45, 7) is 4.64. The Balaban J connectivity index is 1.29.